The van der Waals surface area contributed by atoms with Crippen LogP contribution in [0.1, 0.15) is 21.7 Å². The lowest BCUT2D eigenvalue weighted by atomic mass is 10.1. The van der Waals surface area contributed by atoms with Crippen LogP contribution >= 0.6 is 11.3 Å². The van der Waals surface area contributed by atoms with E-state index in [1.165, 1.54) is 11.3 Å². The molecular weight excluding hydrogens is 284 g/mol. The second kappa shape index (κ2) is 7.24. The maximum absolute atomic E-state index is 12.2. The topological polar surface area (TPSA) is 64.3 Å². The third-order valence-corrected chi connectivity index (χ3v) is 4.26. The van der Waals surface area contributed by atoms with Crippen molar-refractivity contribution in [2.75, 3.05) is 25.5 Å². The van der Waals surface area contributed by atoms with E-state index in [4.69, 9.17) is 10.5 Å². The van der Waals surface area contributed by atoms with E-state index in [2.05, 4.69) is 11.9 Å². The number of aryl methyl sites for hydroxylation is 1. The quantitative estimate of drug-likeness (QED) is 0.610. The highest BCUT2D eigenvalue weighted by Crippen LogP contribution is 2.33. The number of anilines is 1. The highest BCUT2D eigenvalue weighted by atomic mass is 32.1. The van der Waals surface area contributed by atoms with Crippen molar-refractivity contribution in [1.29, 1.82) is 0 Å². The number of fused-ring (bicyclic) bond motifs is 1. The highest BCUT2D eigenvalue weighted by molar-refractivity contribution is 7.21. The lowest BCUT2D eigenvalue weighted by Crippen LogP contribution is -2.27. The van der Waals surface area contributed by atoms with Gasteiger partial charge in [-0.1, -0.05) is 18.2 Å². The van der Waals surface area contributed by atoms with Gasteiger partial charge in [-0.05, 0) is 25.0 Å². The van der Waals surface area contributed by atoms with E-state index in [1.807, 2.05) is 25.1 Å². The van der Waals surface area contributed by atoms with E-state index in [0.717, 1.165) is 22.1 Å². The predicted octanol–water partition coefficient (Wildman–Crippen LogP) is 3.11. The van der Waals surface area contributed by atoms with Crippen LogP contribution in [0.15, 0.2) is 30.9 Å². The van der Waals surface area contributed by atoms with Crippen molar-refractivity contribution in [2.45, 2.75) is 13.3 Å². The van der Waals surface area contributed by atoms with Gasteiger partial charge in [0, 0.05) is 16.6 Å². The van der Waals surface area contributed by atoms with Crippen LogP contribution in [-0.4, -0.2) is 25.7 Å². The number of nitrogen functional groups attached to an aromatic ring is 1. The lowest BCUT2D eigenvalue weighted by molar-refractivity contribution is 0.0922. The first-order chi connectivity index (χ1) is 10.1. The summed E-state index contributed by atoms with van der Waals surface area (Å²) in [4.78, 5) is 12.7. The summed E-state index contributed by atoms with van der Waals surface area (Å²) < 4.78 is 6.39. The van der Waals surface area contributed by atoms with Crippen LogP contribution in [0.2, 0.25) is 0 Å². The van der Waals surface area contributed by atoms with Crippen molar-refractivity contribution in [3.05, 3.63) is 41.3 Å². The third-order valence-electron chi connectivity index (χ3n) is 3.09. The second-order valence-corrected chi connectivity index (χ2v) is 5.84. The smallest absolute Gasteiger partial charge is 0.263 e. The van der Waals surface area contributed by atoms with Crippen molar-refractivity contribution < 1.29 is 9.53 Å². The fourth-order valence-corrected chi connectivity index (χ4v) is 3.12. The summed E-state index contributed by atoms with van der Waals surface area (Å²) in [6, 6.07) is 6.01. The molecule has 1 aromatic heterocycles. The molecular formula is C16H20N2O2S. The monoisotopic (exact) mass is 304 g/mol. The molecule has 2 aromatic rings. The Kier molecular flexibility index (Phi) is 5.36. The molecule has 0 aliphatic carbocycles. The summed E-state index contributed by atoms with van der Waals surface area (Å²) in [5, 5.41) is 3.78. The molecule has 5 heteroatoms. The Hall–Kier alpha value is -1.85. The molecule has 0 fully saturated rings. The van der Waals surface area contributed by atoms with E-state index in [9.17, 15) is 4.79 Å². The number of hydrogen-bond acceptors (Lipinski definition) is 4. The number of thiophene rings is 1. The summed E-state index contributed by atoms with van der Waals surface area (Å²) in [6.45, 7) is 7.24. The fraction of sp³-hybridized carbons (Fsp3) is 0.312. The van der Waals surface area contributed by atoms with Crippen molar-refractivity contribution in [3.8, 4) is 0 Å². The predicted molar refractivity (Wildman–Crippen MR) is 88.9 cm³/mol. The summed E-state index contributed by atoms with van der Waals surface area (Å²) in [6.07, 6.45) is 2.62. The summed E-state index contributed by atoms with van der Waals surface area (Å²) in [7, 11) is 0. The Morgan fingerprint density at radius 1 is 1.48 bits per heavy atom. The van der Waals surface area contributed by atoms with Gasteiger partial charge >= 0.3 is 0 Å². The van der Waals surface area contributed by atoms with Gasteiger partial charge in [0.25, 0.3) is 5.91 Å². The van der Waals surface area contributed by atoms with Gasteiger partial charge in [-0.25, -0.2) is 0 Å². The number of amides is 1. The zero-order chi connectivity index (χ0) is 15.2. The molecule has 112 valence electrons. The summed E-state index contributed by atoms with van der Waals surface area (Å²) in [5.41, 5.74) is 7.78. The lowest BCUT2D eigenvalue weighted by Gasteiger charge is -2.05. The van der Waals surface area contributed by atoms with Crippen molar-refractivity contribution in [1.82, 2.24) is 5.32 Å². The molecule has 0 atom stereocenters. The Morgan fingerprint density at radius 2 is 2.29 bits per heavy atom. The minimum Gasteiger partial charge on any atom is -0.397 e. The van der Waals surface area contributed by atoms with Gasteiger partial charge in [0.15, 0.2) is 0 Å². The SMILES string of the molecule is C=CCCOCCNC(=O)c1sc2cc(C)ccc2c1N. The molecule has 1 heterocycles. The molecule has 2 rings (SSSR count). The minimum atomic E-state index is -0.140. The molecule has 0 radical (unpaired) electrons. The number of ether oxygens (including phenoxy) is 1. The molecule has 0 saturated heterocycles. The zero-order valence-corrected chi connectivity index (χ0v) is 13.0. The molecule has 1 amide bonds. The molecule has 0 unspecified atom stereocenters. The van der Waals surface area contributed by atoms with E-state index in [0.29, 0.717) is 30.3 Å². The van der Waals surface area contributed by atoms with Crippen LogP contribution in [-0.2, 0) is 4.74 Å². The van der Waals surface area contributed by atoms with Crippen LogP contribution in [0.5, 0.6) is 0 Å². The molecule has 0 bridgehead atoms. The summed E-state index contributed by atoms with van der Waals surface area (Å²) in [5.74, 6) is -0.140. The van der Waals surface area contributed by atoms with Crippen LogP contribution in [0, 0.1) is 6.92 Å². The molecule has 0 saturated carbocycles. The molecule has 4 nitrogen and oxygen atoms in total. The van der Waals surface area contributed by atoms with Gasteiger partial charge in [0.1, 0.15) is 4.88 Å². The van der Waals surface area contributed by atoms with Gasteiger partial charge in [-0.3, -0.25) is 4.79 Å². The van der Waals surface area contributed by atoms with Crippen molar-refractivity contribution in [3.63, 3.8) is 0 Å². The maximum atomic E-state index is 12.2. The Bertz CT molecular complexity index is 649. The first kappa shape index (κ1) is 15.5. The zero-order valence-electron chi connectivity index (χ0n) is 12.1. The van der Waals surface area contributed by atoms with Gasteiger partial charge in [-0.2, -0.15) is 0 Å². The van der Waals surface area contributed by atoms with Crippen LogP contribution in [0.3, 0.4) is 0 Å². The minimum absolute atomic E-state index is 0.140. The average Bonchev–Trinajstić information content (AvgIpc) is 2.79. The normalized spacial score (nSPS) is 10.7. The maximum Gasteiger partial charge on any atom is 0.263 e. The van der Waals surface area contributed by atoms with E-state index >= 15 is 0 Å². The van der Waals surface area contributed by atoms with Gasteiger partial charge in [-0.15, -0.1) is 17.9 Å². The molecule has 21 heavy (non-hydrogen) atoms. The Labute approximate surface area is 128 Å². The number of nitrogens with two attached hydrogens (primary N) is 1. The number of carbonyl (C=O) groups excluding carboxylic acids is 1. The Balaban J connectivity index is 1.96. The second-order valence-electron chi connectivity index (χ2n) is 4.79. The van der Waals surface area contributed by atoms with Crippen LogP contribution in [0.25, 0.3) is 10.1 Å². The van der Waals surface area contributed by atoms with Crippen LogP contribution in [0.4, 0.5) is 5.69 Å². The molecule has 0 aliphatic heterocycles. The number of benzene rings is 1. The first-order valence-electron chi connectivity index (χ1n) is 6.89. The number of rotatable bonds is 7. The molecule has 1 aromatic carbocycles. The Morgan fingerprint density at radius 3 is 3.05 bits per heavy atom. The van der Waals surface area contributed by atoms with E-state index < -0.39 is 0 Å². The fourth-order valence-electron chi connectivity index (χ4n) is 1.98. The molecule has 3 N–H and O–H groups in total. The van der Waals surface area contributed by atoms with E-state index in [-0.39, 0.29) is 5.91 Å². The third kappa shape index (κ3) is 3.83. The number of nitrogens with one attached hydrogen (secondary N) is 1. The van der Waals surface area contributed by atoms with Gasteiger partial charge in [0.05, 0.1) is 18.9 Å². The molecule has 0 aliphatic rings. The standard InChI is InChI=1S/C16H20N2O2S/c1-3-4-8-20-9-7-18-16(19)15-14(17)12-6-5-11(2)10-13(12)21-15/h3,5-6,10H,1,4,7-9,17H2,2H3,(H,18,19). The average molecular weight is 304 g/mol. The van der Waals surface area contributed by atoms with Gasteiger partial charge in [0.2, 0.25) is 0 Å². The largest absolute Gasteiger partial charge is 0.397 e. The number of carbonyl (C=O) groups is 1. The first-order valence-corrected chi connectivity index (χ1v) is 7.70. The van der Waals surface area contributed by atoms with Crippen LogP contribution < -0.4 is 11.1 Å². The van der Waals surface area contributed by atoms with E-state index in [1.54, 1.807) is 6.08 Å². The van der Waals surface area contributed by atoms with Crippen molar-refractivity contribution in [2.24, 2.45) is 0 Å². The van der Waals surface area contributed by atoms with Crippen molar-refractivity contribution >= 4 is 33.0 Å². The molecule has 0 spiro atoms. The summed E-state index contributed by atoms with van der Waals surface area (Å²) >= 11 is 1.43. The number of hydrogen-bond donors (Lipinski definition) is 2. The highest BCUT2D eigenvalue weighted by Gasteiger charge is 2.15. The van der Waals surface area contributed by atoms with Gasteiger partial charge < -0.3 is 15.8 Å².